The average Bonchev–Trinajstić information content (AvgIpc) is 2.42. The smallest absolute Gasteiger partial charge is 0.166 e. The van der Waals surface area contributed by atoms with Gasteiger partial charge in [-0.15, -0.1) is 0 Å². The van der Waals surface area contributed by atoms with Crippen LogP contribution in [-0.2, 0) is 0 Å². The Labute approximate surface area is 104 Å². The average molecular weight is 243 g/mol. The van der Waals surface area contributed by atoms with Crippen molar-refractivity contribution in [1.29, 1.82) is 5.26 Å². The number of ether oxygens (including phenoxy) is 1. The van der Waals surface area contributed by atoms with Crippen molar-refractivity contribution in [2.45, 2.75) is 13.0 Å². The molecule has 0 spiro atoms. The highest BCUT2D eigenvalue weighted by molar-refractivity contribution is 5.36. The minimum atomic E-state index is -0.565. The van der Waals surface area contributed by atoms with Gasteiger partial charge in [0.05, 0.1) is 23.5 Å². The molecule has 0 aliphatic heterocycles. The summed E-state index contributed by atoms with van der Waals surface area (Å²) in [5, 5.41) is 8.64. The fourth-order valence-corrected chi connectivity index (χ4v) is 1.44. The zero-order valence-corrected chi connectivity index (χ0v) is 9.67. The van der Waals surface area contributed by atoms with Crippen molar-refractivity contribution < 1.29 is 9.13 Å². The van der Waals surface area contributed by atoms with Gasteiger partial charge in [-0.25, -0.2) is 4.39 Å². The number of aromatic nitrogens is 2. The van der Waals surface area contributed by atoms with E-state index >= 15 is 0 Å². The minimum absolute atomic E-state index is 0.0900. The third-order valence-electron chi connectivity index (χ3n) is 2.36. The van der Waals surface area contributed by atoms with Gasteiger partial charge in [0.25, 0.3) is 0 Å². The second-order valence-electron chi connectivity index (χ2n) is 3.65. The maximum atomic E-state index is 13.6. The van der Waals surface area contributed by atoms with Crippen LogP contribution in [0.4, 0.5) is 4.39 Å². The Kier molecular flexibility index (Phi) is 3.49. The number of hydrogen-bond donors (Lipinski definition) is 0. The van der Waals surface area contributed by atoms with E-state index < -0.39 is 11.9 Å². The van der Waals surface area contributed by atoms with Gasteiger partial charge in [0.2, 0.25) is 0 Å². The van der Waals surface area contributed by atoms with Crippen molar-refractivity contribution in [2.75, 3.05) is 0 Å². The summed E-state index contributed by atoms with van der Waals surface area (Å²) in [7, 11) is 0. The first kappa shape index (κ1) is 12.0. The van der Waals surface area contributed by atoms with Crippen LogP contribution < -0.4 is 4.74 Å². The first-order valence-electron chi connectivity index (χ1n) is 5.33. The Morgan fingerprint density at radius 2 is 2.22 bits per heavy atom. The Morgan fingerprint density at radius 1 is 1.39 bits per heavy atom. The zero-order chi connectivity index (χ0) is 13.0. The summed E-state index contributed by atoms with van der Waals surface area (Å²) in [6.45, 7) is 1.75. The Morgan fingerprint density at radius 3 is 2.83 bits per heavy atom. The van der Waals surface area contributed by atoms with E-state index in [4.69, 9.17) is 10.00 Å². The van der Waals surface area contributed by atoms with E-state index in [0.717, 1.165) is 6.07 Å². The van der Waals surface area contributed by atoms with Crippen LogP contribution in [0.15, 0.2) is 36.8 Å². The molecule has 0 saturated heterocycles. The second-order valence-corrected chi connectivity index (χ2v) is 3.65. The van der Waals surface area contributed by atoms with E-state index in [9.17, 15) is 4.39 Å². The molecule has 2 aromatic rings. The molecule has 5 heteroatoms. The molecule has 0 N–H and O–H groups in total. The van der Waals surface area contributed by atoms with Gasteiger partial charge in [-0.1, -0.05) is 0 Å². The van der Waals surface area contributed by atoms with Crippen LogP contribution in [0.2, 0.25) is 0 Å². The maximum absolute atomic E-state index is 13.6. The molecule has 0 bridgehead atoms. The van der Waals surface area contributed by atoms with Crippen LogP contribution >= 0.6 is 0 Å². The molecule has 0 aliphatic carbocycles. The lowest BCUT2D eigenvalue weighted by Crippen LogP contribution is -2.06. The molecular formula is C13H10FN3O. The van der Waals surface area contributed by atoms with Crippen molar-refractivity contribution in [3.05, 3.63) is 53.9 Å². The second kappa shape index (κ2) is 5.23. The number of nitrogens with zero attached hydrogens (tertiary/aromatic N) is 3. The van der Waals surface area contributed by atoms with E-state index in [0.29, 0.717) is 5.69 Å². The van der Waals surface area contributed by atoms with Crippen molar-refractivity contribution in [3.63, 3.8) is 0 Å². The predicted molar refractivity (Wildman–Crippen MR) is 62.2 cm³/mol. The van der Waals surface area contributed by atoms with Crippen LogP contribution in [0.1, 0.15) is 24.3 Å². The van der Waals surface area contributed by atoms with Crippen LogP contribution in [-0.4, -0.2) is 9.97 Å². The predicted octanol–water partition coefficient (Wildman–Crippen LogP) is 2.63. The molecule has 1 atom stereocenters. The molecule has 1 aromatic carbocycles. The van der Waals surface area contributed by atoms with Crippen molar-refractivity contribution >= 4 is 0 Å². The highest BCUT2D eigenvalue weighted by Gasteiger charge is 2.12. The number of benzene rings is 1. The lowest BCUT2D eigenvalue weighted by atomic mass is 10.2. The standard InChI is InChI=1S/C13H10FN3O/c1-9(12-8-16-4-5-17-12)18-13-3-2-10(7-15)6-11(13)14/h2-6,8-9H,1H3. The molecule has 0 radical (unpaired) electrons. The van der Waals surface area contributed by atoms with E-state index in [1.807, 2.05) is 6.07 Å². The third-order valence-corrected chi connectivity index (χ3v) is 2.36. The molecular weight excluding hydrogens is 233 g/mol. The molecule has 1 aromatic heterocycles. The summed E-state index contributed by atoms with van der Waals surface area (Å²) in [6, 6.07) is 5.93. The van der Waals surface area contributed by atoms with Crippen LogP contribution in [0, 0.1) is 17.1 Å². The SMILES string of the molecule is CC(Oc1ccc(C#N)cc1F)c1cnccn1. The van der Waals surface area contributed by atoms with Crippen molar-refractivity contribution in [2.24, 2.45) is 0 Å². The van der Waals surface area contributed by atoms with Gasteiger partial charge in [-0.2, -0.15) is 5.26 Å². The quantitative estimate of drug-likeness (QED) is 0.831. The monoisotopic (exact) mass is 243 g/mol. The van der Waals surface area contributed by atoms with E-state index in [1.165, 1.54) is 12.1 Å². The van der Waals surface area contributed by atoms with E-state index in [2.05, 4.69) is 9.97 Å². The Bertz CT molecular complexity index is 581. The summed E-state index contributed by atoms with van der Waals surface area (Å²) in [4.78, 5) is 7.99. The summed E-state index contributed by atoms with van der Waals surface area (Å²) in [5.74, 6) is -0.475. The van der Waals surface area contributed by atoms with Gasteiger partial charge < -0.3 is 4.74 Å². The normalized spacial score (nSPS) is 11.6. The van der Waals surface area contributed by atoms with Gasteiger partial charge in [0.15, 0.2) is 11.6 Å². The summed E-state index contributed by atoms with van der Waals surface area (Å²) in [6.07, 6.45) is 4.25. The van der Waals surface area contributed by atoms with Crippen molar-refractivity contribution in [1.82, 2.24) is 9.97 Å². The molecule has 90 valence electrons. The van der Waals surface area contributed by atoms with Gasteiger partial charge in [-0.3, -0.25) is 9.97 Å². The fourth-order valence-electron chi connectivity index (χ4n) is 1.44. The van der Waals surface area contributed by atoms with Crippen LogP contribution in [0.3, 0.4) is 0 Å². The fraction of sp³-hybridized carbons (Fsp3) is 0.154. The number of hydrogen-bond acceptors (Lipinski definition) is 4. The summed E-state index contributed by atoms with van der Waals surface area (Å²) in [5.41, 5.74) is 0.869. The maximum Gasteiger partial charge on any atom is 0.166 e. The van der Waals surface area contributed by atoms with Crippen LogP contribution in [0.5, 0.6) is 5.75 Å². The molecule has 18 heavy (non-hydrogen) atoms. The molecule has 0 aliphatic rings. The molecule has 0 amide bonds. The third kappa shape index (κ3) is 2.61. The molecule has 1 heterocycles. The lowest BCUT2D eigenvalue weighted by molar-refractivity contribution is 0.211. The highest BCUT2D eigenvalue weighted by Crippen LogP contribution is 2.23. The summed E-state index contributed by atoms with van der Waals surface area (Å²) < 4.78 is 19.0. The number of nitriles is 1. The van der Waals surface area contributed by atoms with Gasteiger partial charge >= 0.3 is 0 Å². The highest BCUT2D eigenvalue weighted by atomic mass is 19.1. The van der Waals surface area contributed by atoms with Gasteiger partial charge in [-0.05, 0) is 25.1 Å². The van der Waals surface area contributed by atoms with Crippen LogP contribution in [0.25, 0.3) is 0 Å². The van der Waals surface area contributed by atoms with Gasteiger partial charge in [0.1, 0.15) is 6.10 Å². The lowest BCUT2D eigenvalue weighted by Gasteiger charge is -2.14. The first-order chi connectivity index (χ1) is 8.70. The minimum Gasteiger partial charge on any atom is -0.481 e. The molecule has 2 rings (SSSR count). The Balaban J connectivity index is 2.18. The first-order valence-corrected chi connectivity index (χ1v) is 5.33. The number of rotatable bonds is 3. The molecule has 4 nitrogen and oxygen atoms in total. The topological polar surface area (TPSA) is 58.8 Å². The molecule has 0 saturated carbocycles. The Hall–Kier alpha value is -2.48. The zero-order valence-electron chi connectivity index (χ0n) is 9.67. The summed E-state index contributed by atoms with van der Waals surface area (Å²) >= 11 is 0. The molecule has 0 fully saturated rings. The van der Waals surface area contributed by atoms with Gasteiger partial charge in [0, 0.05) is 12.4 Å². The van der Waals surface area contributed by atoms with E-state index in [1.54, 1.807) is 25.5 Å². The number of halogens is 1. The largest absolute Gasteiger partial charge is 0.481 e. The molecule has 1 unspecified atom stereocenters. The van der Waals surface area contributed by atoms with E-state index in [-0.39, 0.29) is 11.3 Å². The van der Waals surface area contributed by atoms with Crippen molar-refractivity contribution in [3.8, 4) is 11.8 Å².